The van der Waals surface area contributed by atoms with Gasteiger partial charge in [0, 0.05) is 33.2 Å². The van der Waals surface area contributed by atoms with Crippen LogP contribution in [0.3, 0.4) is 0 Å². The van der Waals surface area contributed by atoms with Gasteiger partial charge in [-0.3, -0.25) is 10.1 Å². The van der Waals surface area contributed by atoms with E-state index in [9.17, 15) is 0 Å². The van der Waals surface area contributed by atoms with Crippen molar-refractivity contribution in [3.63, 3.8) is 0 Å². The Morgan fingerprint density at radius 1 is 1.07 bits per heavy atom. The third kappa shape index (κ3) is 4.53. The number of pyridine rings is 1. The molecule has 1 atom stereocenters. The van der Waals surface area contributed by atoms with E-state index in [2.05, 4.69) is 21.2 Å². The van der Waals surface area contributed by atoms with Gasteiger partial charge in [0.05, 0.1) is 17.4 Å². The van der Waals surface area contributed by atoms with Crippen LogP contribution >= 0.6 is 23.2 Å². The molecule has 2 aromatic carbocycles. The Morgan fingerprint density at radius 3 is 2.79 bits per heavy atom. The van der Waals surface area contributed by atoms with Crippen LogP contribution in [0.4, 0.5) is 0 Å². The highest BCUT2D eigenvalue weighted by atomic mass is 35.5. The number of H-pyrrole nitrogens is 1. The molecule has 3 N–H and O–H groups in total. The number of aryl methyl sites for hydroxylation is 1. The molecule has 0 radical (unpaired) electrons. The predicted octanol–water partition coefficient (Wildman–Crippen LogP) is 5.19. The Labute approximate surface area is 178 Å². The fourth-order valence-corrected chi connectivity index (χ4v) is 3.61. The maximum atomic E-state index is 6.23. The van der Waals surface area contributed by atoms with Crippen LogP contribution in [0.25, 0.3) is 22.0 Å². The van der Waals surface area contributed by atoms with Crippen LogP contribution in [0.15, 0.2) is 54.9 Å². The number of aromatic nitrogens is 3. The van der Waals surface area contributed by atoms with Gasteiger partial charge in [-0.2, -0.15) is 5.10 Å². The van der Waals surface area contributed by atoms with E-state index in [4.69, 9.17) is 33.7 Å². The molecule has 0 fully saturated rings. The summed E-state index contributed by atoms with van der Waals surface area (Å²) in [7, 11) is 0. The lowest BCUT2D eigenvalue weighted by Crippen LogP contribution is -2.30. The first kappa shape index (κ1) is 19.7. The number of hydrogen-bond acceptors (Lipinski definition) is 4. The van der Waals surface area contributed by atoms with Gasteiger partial charge in [0.2, 0.25) is 0 Å². The van der Waals surface area contributed by atoms with E-state index in [0.717, 1.165) is 33.3 Å². The lowest BCUT2D eigenvalue weighted by Gasteiger charge is -2.15. The maximum Gasteiger partial charge on any atom is 0.138 e. The summed E-state index contributed by atoms with van der Waals surface area (Å²) >= 11 is 12.3. The minimum absolute atomic E-state index is 0.223. The van der Waals surface area contributed by atoms with Gasteiger partial charge in [-0.1, -0.05) is 29.3 Å². The van der Waals surface area contributed by atoms with Gasteiger partial charge in [0.25, 0.3) is 0 Å². The normalized spacial score (nSPS) is 12.3. The smallest absolute Gasteiger partial charge is 0.138 e. The van der Waals surface area contributed by atoms with Crippen LogP contribution in [-0.4, -0.2) is 27.8 Å². The van der Waals surface area contributed by atoms with Gasteiger partial charge >= 0.3 is 0 Å². The lowest BCUT2D eigenvalue weighted by atomic mass is 10.0. The summed E-state index contributed by atoms with van der Waals surface area (Å²) in [5.74, 6) is 0.666. The fraction of sp³-hybridized carbons (Fsp3) is 0.182. The standard InChI is InChI=1S/C22H20Cl2N4O/c1-13-20-9-14(2-5-22(20)28-27-13)16-8-19(11-26-10-16)29-12-18(25)7-15-6-17(23)3-4-21(15)24/h2-6,8-11,18H,7,12,25H2,1H3,(H,27,28)/t18-/m0/s1. The van der Waals surface area contributed by atoms with Crippen LogP contribution in [0.2, 0.25) is 10.0 Å². The predicted molar refractivity (Wildman–Crippen MR) is 118 cm³/mol. The zero-order valence-corrected chi connectivity index (χ0v) is 17.3. The molecule has 2 aromatic heterocycles. The number of nitrogens with one attached hydrogen (secondary N) is 1. The molecule has 0 amide bonds. The minimum atomic E-state index is -0.223. The SMILES string of the molecule is Cc1n[nH]c2ccc(-c3cncc(OC[C@@H](N)Cc4cc(Cl)ccc4Cl)c3)cc12. The molecule has 4 aromatic rings. The molecule has 2 heterocycles. The molecule has 0 aliphatic carbocycles. The third-order valence-electron chi connectivity index (χ3n) is 4.75. The van der Waals surface area contributed by atoms with Crippen molar-refractivity contribution in [2.45, 2.75) is 19.4 Å². The molecule has 0 saturated heterocycles. The second kappa shape index (κ2) is 8.41. The van der Waals surface area contributed by atoms with Gasteiger partial charge < -0.3 is 10.5 Å². The summed E-state index contributed by atoms with van der Waals surface area (Å²) in [5, 5.41) is 9.64. The Kier molecular flexibility index (Phi) is 5.72. The summed E-state index contributed by atoms with van der Waals surface area (Å²) in [4.78, 5) is 4.31. The third-order valence-corrected chi connectivity index (χ3v) is 5.36. The van der Waals surface area contributed by atoms with E-state index in [1.54, 1.807) is 18.3 Å². The molecule has 0 unspecified atom stereocenters. The van der Waals surface area contributed by atoms with E-state index < -0.39 is 0 Å². The van der Waals surface area contributed by atoms with Crippen molar-refractivity contribution in [1.82, 2.24) is 15.2 Å². The molecular formula is C22H20Cl2N4O. The quantitative estimate of drug-likeness (QED) is 0.444. The van der Waals surface area contributed by atoms with Crippen molar-refractivity contribution < 1.29 is 4.74 Å². The van der Waals surface area contributed by atoms with Crippen LogP contribution in [0, 0.1) is 6.92 Å². The number of rotatable bonds is 6. The summed E-state index contributed by atoms with van der Waals surface area (Å²) < 4.78 is 5.89. The van der Waals surface area contributed by atoms with Gasteiger partial charge in [-0.05, 0) is 60.9 Å². The van der Waals surface area contributed by atoms with E-state index in [1.807, 2.05) is 37.4 Å². The van der Waals surface area contributed by atoms with Crippen molar-refractivity contribution in [2.75, 3.05) is 6.61 Å². The van der Waals surface area contributed by atoms with Crippen molar-refractivity contribution in [3.8, 4) is 16.9 Å². The Hall–Kier alpha value is -2.60. The number of halogens is 2. The number of hydrogen-bond donors (Lipinski definition) is 2. The summed E-state index contributed by atoms with van der Waals surface area (Å²) in [6.07, 6.45) is 4.07. The zero-order valence-electron chi connectivity index (χ0n) is 15.8. The first-order valence-electron chi connectivity index (χ1n) is 9.22. The van der Waals surface area contributed by atoms with Crippen molar-refractivity contribution in [3.05, 3.63) is 76.2 Å². The van der Waals surface area contributed by atoms with Crippen LogP contribution in [-0.2, 0) is 6.42 Å². The monoisotopic (exact) mass is 426 g/mol. The lowest BCUT2D eigenvalue weighted by molar-refractivity contribution is 0.287. The highest BCUT2D eigenvalue weighted by Gasteiger charge is 2.10. The fourth-order valence-electron chi connectivity index (χ4n) is 3.22. The molecule has 4 rings (SSSR count). The molecule has 5 nitrogen and oxygen atoms in total. The molecule has 0 aliphatic heterocycles. The first-order chi connectivity index (χ1) is 14.0. The zero-order chi connectivity index (χ0) is 20.4. The number of nitrogens with zero attached hydrogens (tertiary/aromatic N) is 2. The number of nitrogens with two attached hydrogens (primary N) is 1. The Morgan fingerprint density at radius 2 is 1.93 bits per heavy atom. The van der Waals surface area contributed by atoms with Crippen LogP contribution < -0.4 is 10.5 Å². The van der Waals surface area contributed by atoms with Crippen LogP contribution in [0.1, 0.15) is 11.3 Å². The summed E-state index contributed by atoms with van der Waals surface area (Å²) in [5.41, 5.74) is 11.1. The van der Waals surface area contributed by atoms with Gasteiger partial charge in [0.1, 0.15) is 12.4 Å². The topological polar surface area (TPSA) is 76.8 Å². The Bertz CT molecular complexity index is 1160. The van der Waals surface area contributed by atoms with E-state index in [1.165, 1.54) is 0 Å². The number of ether oxygens (including phenoxy) is 1. The second-order valence-corrected chi connectivity index (χ2v) is 7.83. The van der Waals surface area contributed by atoms with Gasteiger partial charge in [-0.25, -0.2) is 0 Å². The highest BCUT2D eigenvalue weighted by Crippen LogP contribution is 2.27. The largest absolute Gasteiger partial charge is 0.490 e. The molecule has 29 heavy (non-hydrogen) atoms. The average Bonchev–Trinajstić information content (AvgIpc) is 3.10. The van der Waals surface area contributed by atoms with Gasteiger partial charge in [-0.15, -0.1) is 0 Å². The Balaban J connectivity index is 1.45. The molecular weight excluding hydrogens is 407 g/mol. The van der Waals surface area contributed by atoms with E-state index in [0.29, 0.717) is 28.8 Å². The minimum Gasteiger partial charge on any atom is -0.490 e. The van der Waals surface area contributed by atoms with Crippen molar-refractivity contribution in [1.29, 1.82) is 0 Å². The van der Waals surface area contributed by atoms with Gasteiger partial charge in [0.15, 0.2) is 0 Å². The van der Waals surface area contributed by atoms with E-state index >= 15 is 0 Å². The van der Waals surface area contributed by atoms with E-state index in [-0.39, 0.29) is 6.04 Å². The average molecular weight is 427 g/mol. The molecule has 0 aliphatic rings. The molecule has 7 heteroatoms. The second-order valence-electron chi connectivity index (χ2n) is 6.99. The molecule has 0 bridgehead atoms. The highest BCUT2D eigenvalue weighted by molar-refractivity contribution is 6.33. The first-order valence-corrected chi connectivity index (χ1v) is 9.97. The molecule has 0 spiro atoms. The molecule has 148 valence electrons. The number of benzene rings is 2. The summed E-state index contributed by atoms with van der Waals surface area (Å²) in [6.45, 7) is 2.32. The van der Waals surface area contributed by atoms with Crippen LogP contribution in [0.5, 0.6) is 5.75 Å². The maximum absolute atomic E-state index is 6.23. The number of aromatic amines is 1. The van der Waals surface area contributed by atoms with Crippen molar-refractivity contribution in [2.24, 2.45) is 5.73 Å². The molecule has 0 saturated carbocycles. The number of fused-ring (bicyclic) bond motifs is 1. The summed E-state index contributed by atoms with van der Waals surface area (Å²) in [6, 6.07) is 13.3. The van der Waals surface area contributed by atoms with Crippen molar-refractivity contribution >= 4 is 34.1 Å².